The highest BCUT2D eigenvalue weighted by atomic mass is 32.2. The molecule has 164 valence electrons. The molecule has 3 aromatic carbocycles. The molecule has 1 heterocycles. The maximum Gasteiger partial charge on any atom is 0.244 e. The quantitative estimate of drug-likeness (QED) is 0.397. The van der Waals surface area contributed by atoms with E-state index in [1.807, 2.05) is 60.0 Å². The van der Waals surface area contributed by atoms with E-state index in [0.29, 0.717) is 5.75 Å². The van der Waals surface area contributed by atoms with Crippen LogP contribution in [0.2, 0.25) is 0 Å². The van der Waals surface area contributed by atoms with Crippen LogP contribution in [0.5, 0.6) is 11.5 Å². The summed E-state index contributed by atoms with van der Waals surface area (Å²) in [5.41, 5.74) is 3.83. The Hall–Kier alpha value is -3.20. The van der Waals surface area contributed by atoms with Crippen molar-refractivity contribution in [3.05, 3.63) is 83.7 Å². The highest BCUT2D eigenvalue weighted by Crippen LogP contribution is 2.30. The third-order valence-corrected chi connectivity index (χ3v) is 7.22. The number of nitrogens with zero attached hydrogens (tertiary/aromatic N) is 1. The lowest BCUT2D eigenvalue weighted by Crippen LogP contribution is -2.23. The van der Waals surface area contributed by atoms with Crippen molar-refractivity contribution >= 4 is 21.4 Å². The summed E-state index contributed by atoms with van der Waals surface area (Å²) in [5.74, 6) is 0.695. The average Bonchev–Trinajstić information content (AvgIpc) is 3.34. The van der Waals surface area contributed by atoms with Gasteiger partial charge in [0.1, 0.15) is 21.4 Å². The topological polar surface area (TPSA) is 77.5 Å². The van der Waals surface area contributed by atoms with Gasteiger partial charge in [0.15, 0.2) is 0 Å². The number of methoxy groups -OCH3 is 2. The number of sulfonamides is 1. The van der Waals surface area contributed by atoms with Gasteiger partial charge in [0.05, 0.1) is 19.9 Å². The number of hydrogen-bond donors (Lipinski definition) is 1. The smallest absolute Gasteiger partial charge is 0.244 e. The molecule has 0 saturated heterocycles. The van der Waals surface area contributed by atoms with Gasteiger partial charge in [-0.2, -0.15) is 0 Å². The van der Waals surface area contributed by atoms with E-state index in [0.717, 1.165) is 27.4 Å². The molecule has 0 spiro atoms. The summed E-state index contributed by atoms with van der Waals surface area (Å²) in [6, 6.07) is 22.4. The molecule has 0 saturated carbocycles. The molecule has 0 radical (unpaired) electrons. The third-order valence-electron chi connectivity index (χ3n) is 4.90. The van der Waals surface area contributed by atoms with Gasteiger partial charge in [-0.15, -0.1) is 11.3 Å². The van der Waals surface area contributed by atoms with Gasteiger partial charge in [0.25, 0.3) is 0 Å². The molecule has 1 N–H and O–H groups in total. The van der Waals surface area contributed by atoms with Crippen LogP contribution in [0, 0.1) is 0 Å². The predicted molar refractivity (Wildman–Crippen MR) is 127 cm³/mol. The monoisotopic (exact) mass is 466 g/mol. The van der Waals surface area contributed by atoms with Crippen molar-refractivity contribution in [2.75, 3.05) is 14.2 Å². The Balaban J connectivity index is 1.47. The Morgan fingerprint density at radius 2 is 1.66 bits per heavy atom. The molecule has 0 aliphatic heterocycles. The zero-order valence-electron chi connectivity index (χ0n) is 17.6. The summed E-state index contributed by atoms with van der Waals surface area (Å²) < 4.78 is 38.6. The van der Waals surface area contributed by atoms with Gasteiger partial charge in [-0.25, -0.2) is 18.1 Å². The van der Waals surface area contributed by atoms with Crippen LogP contribution in [0.25, 0.3) is 21.8 Å². The average molecular weight is 467 g/mol. The second-order valence-corrected chi connectivity index (χ2v) is 9.54. The van der Waals surface area contributed by atoms with Crippen LogP contribution in [0.1, 0.15) is 5.56 Å². The molecular formula is C24H22N2O4S2. The molecule has 4 aromatic rings. The molecule has 6 nitrogen and oxygen atoms in total. The molecule has 0 fully saturated rings. The van der Waals surface area contributed by atoms with Crippen LogP contribution in [0.4, 0.5) is 0 Å². The van der Waals surface area contributed by atoms with E-state index in [-0.39, 0.29) is 17.2 Å². The van der Waals surface area contributed by atoms with E-state index in [1.54, 1.807) is 23.5 Å². The number of ether oxygens (including phenoxy) is 2. The molecule has 0 bridgehead atoms. The van der Waals surface area contributed by atoms with E-state index in [4.69, 9.17) is 14.5 Å². The van der Waals surface area contributed by atoms with Crippen molar-refractivity contribution in [2.24, 2.45) is 0 Å². The van der Waals surface area contributed by atoms with Gasteiger partial charge in [-0.05, 0) is 17.7 Å². The number of hydrogen-bond acceptors (Lipinski definition) is 6. The molecule has 1 aromatic heterocycles. The first-order valence-corrected chi connectivity index (χ1v) is 12.2. The van der Waals surface area contributed by atoms with Gasteiger partial charge in [0.2, 0.25) is 10.0 Å². The van der Waals surface area contributed by atoms with Gasteiger partial charge in [-0.1, -0.05) is 54.6 Å². The van der Waals surface area contributed by atoms with Crippen LogP contribution < -0.4 is 14.2 Å². The minimum Gasteiger partial charge on any atom is -0.497 e. The lowest BCUT2D eigenvalue weighted by molar-refractivity contribution is 0.392. The summed E-state index contributed by atoms with van der Waals surface area (Å²) in [6.45, 7) is 0.149. The Morgan fingerprint density at radius 1 is 0.906 bits per heavy atom. The van der Waals surface area contributed by atoms with Crippen molar-refractivity contribution in [3.63, 3.8) is 0 Å². The Labute approximate surface area is 191 Å². The molecular weight excluding hydrogens is 444 g/mol. The van der Waals surface area contributed by atoms with Gasteiger partial charge >= 0.3 is 0 Å². The zero-order valence-corrected chi connectivity index (χ0v) is 19.2. The molecule has 0 unspecified atom stereocenters. The summed E-state index contributed by atoms with van der Waals surface area (Å²) in [7, 11) is -0.872. The highest BCUT2D eigenvalue weighted by Gasteiger charge is 2.20. The van der Waals surface area contributed by atoms with Crippen molar-refractivity contribution in [1.29, 1.82) is 0 Å². The van der Waals surface area contributed by atoms with Crippen LogP contribution in [-0.2, 0) is 16.6 Å². The molecule has 8 heteroatoms. The standard InChI is InChI=1S/C24H22N2O4S2/c1-29-20-12-13-22(30-2)23(14-20)32(27,28)25-15-17-8-10-19(11-9-17)24-26-21(16-31-24)18-6-4-3-5-7-18/h3-14,16,25H,15H2,1-2H3. The van der Waals surface area contributed by atoms with Crippen molar-refractivity contribution in [2.45, 2.75) is 11.4 Å². The molecule has 4 rings (SSSR count). The molecule has 32 heavy (non-hydrogen) atoms. The summed E-state index contributed by atoms with van der Waals surface area (Å²) in [5, 5.41) is 2.95. The fourth-order valence-electron chi connectivity index (χ4n) is 3.16. The van der Waals surface area contributed by atoms with Gasteiger partial charge in [0, 0.05) is 29.1 Å². The molecule has 0 atom stereocenters. The van der Waals surface area contributed by atoms with E-state index in [1.165, 1.54) is 20.3 Å². The van der Waals surface area contributed by atoms with Crippen molar-refractivity contribution in [3.8, 4) is 33.3 Å². The second-order valence-electron chi connectivity index (χ2n) is 6.94. The lowest BCUT2D eigenvalue weighted by Gasteiger charge is -2.12. The van der Waals surface area contributed by atoms with E-state index in [9.17, 15) is 8.42 Å². The number of benzene rings is 3. The second kappa shape index (κ2) is 9.52. The first kappa shape index (κ1) is 22.0. The lowest BCUT2D eigenvalue weighted by atomic mass is 10.1. The fraction of sp³-hybridized carbons (Fsp3) is 0.125. The van der Waals surface area contributed by atoms with E-state index >= 15 is 0 Å². The van der Waals surface area contributed by atoms with Crippen molar-refractivity contribution in [1.82, 2.24) is 9.71 Å². The van der Waals surface area contributed by atoms with Gasteiger partial charge in [-0.3, -0.25) is 0 Å². The number of rotatable bonds is 8. The maximum absolute atomic E-state index is 12.8. The van der Waals surface area contributed by atoms with E-state index < -0.39 is 10.0 Å². The SMILES string of the molecule is COc1ccc(OC)c(S(=O)(=O)NCc2ccc(-c3nc(-c4ccccc4)cs3)cc2)c1. The minimum atomic E-state index is -3.79. The van der Waals surface area contributed by atoms with Crippen LogP contribution in [0.15, 0.2) is 83.1 Å². The molecule has 0 amide bonds. The zero-order chi connectivity index (χ0) is 22.6. The fourth-order valence-corrected chi connectivity index (χ4v) is 5.20. The third kappa shape index (κ3) is 4.83. The van der Waals surface area contributed by atoms with Crippen LogP contribution in [-0.4, -0.2) is 27.6 Å². The Bertz CT molecular complexity index is 1300. The Kier molecular flexibility index (Phi) is 6.55. The Morgan fingerprint density at radius 3 is 2.34 bits per heavy atom. The summed E-state index contributed by atoms with van der Waals surface area (Å²) >= 11 is 1.58. The highest BCUT2D eigenvalue weighted by molar-refractivity contribution is 7.89. The van der Waals surface area contributed by atoms with Gasteiger partial charge < -0.3 is 9.47 Å². The number of thiazole rings is 1. The largest absolute Gasteiger partial charge is 0.497 e. The predicted octanol–water partition coefficient (Wildman–Crippen LogP) is 4.97. The van der Waals surface area contributed by atoms with Crippen molar-refractivity contribution < 1.29 is 17.9 Å². The molecule has 0 aliphatic carbocycles. The van der Waals surface area contributed by atoms with E-state index in [2.05, 4.69) is 4.72 Å². The first-order chi connectivity index (χ1) is 15.5. The maximum atomic E-state index is 12.8. The van der Waals surface area contributed by atoms with Crippen LogP contribution >= 0.6 is 11.3 Å². The summed E-state index contributed by atoms with van der Waals surface area (Å²) in [6.07, 6.45) is 0. The summed E-state index contributed by atoms with van der Waals surface area (Å²) in [4.78, 5) is 4.76. The number of aromatic nitrogens is 1. The first-order valence-electron chi connectivity index (χ1n) is 9.82. The minimum absolute atomic E-state index is 0.0344. The molecule has 0 aliphatic rings. The van der Waals surface area contributed by atoms with Crippen LogP contribution in [0.3, 0.4) is 0 Å². The number of nitrogens with one attached hydrogen (secondary N) is 1. The normalized spacial score (nSPS) is 11.3.